The fourth-order valence-corrected chi connectivity index (χ4v) is 2.23. The Bertz CT molecular complexity index is 647. The number of amides is 1. The molecule has 1 heterocycles. The number of alkyl halides is 3. The Morgan fingerprint density at radius 2 is 1.74 bits per heavy atom. The van der Waals surface area contributed by atoms with Crippen molar-refractivity contribution in [2.45, 2.75) is 39.1 Å². The minimum absolute atomic E-state index is 0.0117. The van der Waals surface area contributed by atoms with E-state index < -0.39 is 35.4 Å². The molecule has 2 N–H and O–H groups in total. The smallest absolute Gasteiger partial charge is 0.431 e. The summed E-state index contributed by atoms with van der Waals surface area (Å²) in [5.41, 5.74) is -4.36. The van der Waals surface area contributed by atoms with Gasteiger partial charge < -0.3 is 10.2 Å². The predicted molar refractivity (Wildman–Crippen MR) is 76.8 cm³/mol. The number of hydrogen-bond acceptors (Lipinski definition) is 4. The Balaban J connectivity index is 2.48. The molecule has 1 aromatic rings. The summed E-state index contributed by atoms with van der Waals surface area (Å²) in [7, 11) is 0. The Labute approximate surface area is 131 Å². The average molecular weight is 330 g/mol. The first kappa shape index (κ1) is 17.3. The number of hydrogen-bond donors (Lipinski definition) is 2. The van der Waals surface area contributed by atoms with Crippen LogP contribution in [0.15, 0.2) is 29.4 Å². The molecule has 0 radical (unpaired) electrons. The van der Waals surface area contributed by atoms with Crippen LogP contribution >= 0.6 is 0 Å². The summed E-state index contributed by atoms with van der Waals surface area (Å²) in [6.07, 6.45) is -5.53. The zero-order valence-corrected chi connectivity index (χ0v) is 12.8. The van der Waals surface area contributed by atoms with Gasteiger partial charge in [0.25, 0.3) is 5.91 Å². The van der Waals surface area contributed by atoms with Gasteiger partial charge in [0.15, 0.2) is 5.72 Å². The number of aliphatic hydroxyl groups is 1. The number of hydrazone groups is 1. The largest absolute Gasteiger partial charge is 0.508 e. The van der Waals surface area contributed by atoms with Crippen molar-refractivity contribution in [1.29, 1.82) is 0 Å². The second kappa shape index (κ2) is 5.23. The lowest BCUT2D eigenvalue weighted by Crippen LogP contribution is -2.55. The van der Waals surface area contributed by atoms with Crippen molar-refractivity contribution in [2.75, 3.05) is 0 Å². The van der Waals surface area contributed by atoms with E-state index in [0.717, 1.165) is 0 Å². The van der Waals surface area contributed by atoms with E-state index in [1.807, 2.05) is 0 Å². The van der Waals surface area contributed by atoms with Crippen molar-refractivity contribution in [3.8, 4) is 5.75 Å². The van der Waals surface area contributed by atoms with Gasteiger partial charge in [0.1, 0.15) is 11.5 Å². The van der Waals surface area contributed by atoms with E-state index in [1.165, 1.54) is 45.0 Å². The summed E-state index contributed by atoms with van der Waals surface area (Å²) in [5.74, 6) is -0.963. The molecule has 23 heavy (non-hydrogen) atoms. The molecule has 0 fully saturated rings. The van der Waals surface area contributed by atoms with Gasteiger partial charge in [-0.25, -0.2) is 0 Å². The highest BCUT2D eigenvalue weighted by Crippen LogP contribution is 2.44. The minimum Gasteiger partial charge on any atom is -0.508 e. The number of carbonyl (C=O) groups excluding carboxylic acids is 1. The molecule has 0 aromatic heterocycles. The van der Waals surface area contributed by atoms with Gasteiger partial charge in [0, 0.05) is 17.4 Å². The van der Waals surface area contributed by atoms with Gasteiger partial charge in [0.2, 0.25) is 0 Å². The number of phenols is 1. The number of nitrogens with zero attached hydrogens (tertiary/aromatic N) is 2. The summed E-state index contributed by atoms with van der Waals surface area (Å²) in [6.45, 7) is 4.58. The van der Waals surface area contributed by atoms with Crippen LogP contribution in [0.4, 0.5) is 13.2 Å². The average Bonchev–Trinajstić information content (AvgIpc) is 2.78. The monoisotopic (exact) mass is 330 g/mol. The summed E-state index contributed by atoms with van der Waals surface area (Å²) in [4.78, 5) is 12.5. The number of carbonyl (C=O) groups is 1. The molecule has 0 saturated carbocycles. The number of aromatic hydroxyl groups is 1. The van der Waals surface area contributed by atoms with Crippen molar-refractivity contribution >= 4 is 11.6 Å². The number of halogens is 3. The fraction of sp³-hybridized carbons (Fsp3) is 0.467. The van der Waals surface area contributed by atoms with Gasteiger partial charge in [-0.2, -0.15) is 23.3 Å². The lowest BCUT2D eigenvalue weighted by Gasteiger charge is -2.41. The maximum Gasteiger partial charge on any atom is 0.431 e. The Morgan fingerprint density at radius 3 is 2.17 bits per heavy atom. The summed E-state index contributed by atoms with van der Waals surface area (Å²) in [5, 5.41) is 23.8. The van der Waals surface area contributed by atoms with Gasteiger partial charge in [-0.15, -0.1) is 0 Å². The van der Waals surface area contributed by atoms with E-state index in [9.17, 15) is 28.2 Å². The van der Waals surface area contributed by atoms with Crippen LogP contribution in [-0.4, -0.2) is 38.7 Å². The molecule has 1 aliphatic rings. The van der Waals surface area contributed by atoms with Crippen LogP contribution in [-0.2, 0) is 0 Å². The second-order valence-corrected chi connectivity index (χ2v) is 6.45. The van der Waals surface area contributed by atoms with Crippen LogP contribution in [0.1, 0.15) is 37.6 Å². The molecule has 0 spiro atoms. The van der Waals surface area contributed by atoms with Crippen LogP contribution < -0.4 is 0 Å². The van der Waals surface area contributed by atoms with E-state index in [0.29, 0.717) is 5.01 Å². The molecule has 0 bridgehead atoms. The topological polar surface area (TPSA) is 73.1 Å². The van der Waals surface area contributed by atoms with Gasteiger partial charge in [-0.05, 0) is 24.3 Å². The SMILES string of the molecule is CC(C)(C)[C@]1(O)CC(C(F)(F)F)=NN1C(=O)c1ccc(O)cc1. The lowest BCUT2D eigenvalue weighted by atomic mass is 9.80. The van der Waals surface area contributed by atoms with Crippen molar-refractivity contribution < 1.29 is 28.2 Å². The molecule has 126 valence electrons. The third kappa shape index (κ3) is 3.03. The summed E-state index contributed by atoms with van der Waals surface area (Å²) >= 11 is 0. The number of phenolic OH excluding ortho intramolecular Hbond substituents is 1. The van der Waals surface area contributed by atoms with Crippen LogP contribution in [0.5, 0.6) is 5.75 Å². The molecule has 2 rings (SSSR count). The molecule has 1 amide bonds. The molecule has 0 saturated heterocycles. The van der Waals surface area contributed by atoms with Gasteiger partial charge >= 0.3 is 6.18 Å². The standard InChI is InChI=1S/C15H17F3N2O3/c1-13(2,3)14(23)8-11(15(16,17)18)19-20(14)12(22)9-4-6-10(21)7-5-9/h4-7,21,23H,8H2,1-3H3/t14-/m1/s1. The van der Waals surface area contributed by atoms with E-state index in [1.54, 1.807) is 0 Å². The molecular weight excluding hydrogens is 313 g/mol. The van der Waals surface area contributed by atoms with Crippen molar-refractivity contribution in [1.82, 2.24) is 5.01 Å². The highest BCUT2D eigenvalue weighted by atomic mass is 19.4. The number of benzene rings is 1. The molecule has 5 nitrogen and oxygen atoms in total. The molecule has 1 aliphatic heterocycles. The van der Waals surface area contributed by atoms with Crippen LogP contribution in [0.25, 0.3) is 0 Å². The van der Waals surface area contributed by atoms with Crippen LogP contribution in [0.2, 0.25) is 0 Å². The highest BCUT2D eigenvalue weighted by Gasteiger charge is 2.57. The lowest BCUT2D eigenvalue weighted by molar-refractivity contribution is -0.144. The van der Waals surface area contributed by atoms with Crippen molar-refractivity contribution in [2.24, 2.45) is 10.5 Å². The molecule has 1 aromatic carbocycles. The third-order valence-electron chi connectivity index (χ3n) is 3.82. The number of rotatable bonds is 1. The maximum atomic E-state index is 13.0. The quantitative estimate of drug-likeness (QED) is 0.831. The Hall–Kier alpha value is -2.09. The molecule has 1 atom stereocenters. The summed E-state index contributed by atoms with van der Waals surface area (Å²) in [6, 6.07) is 4.96. The highest BCUT2D eigenvalue weighted by molar-refractivity contribution is 5.99. The van der Waals surface area contributed by atoms with Crippen LogP contribution in [0.3, 0.4) is 0 Å². The molecule has 8 heteroatoms. The summed E-state index contributed by atoms with van der Waals surface area (Å²) < 4.78 is 38.9. The van der Waals surface area contributed by atoms with Gasteiger partial charge in [0.05, 0.1) is 0 Å². The van der Waals surface area contributed by atoms with Crippen LogP contribution in [0, 0.1) is 5.41 Å². The van der Waals surface area contributed by atoms with E-state index in [4.69, 9.17) is 0 Å². The molecule has 0 unspecified atom stereocenters. The van der Waals surface area contributed by atoms with E-state index in [-0.39, 0.29) is 11.3 Å². The zero-order chi connectivity index (χ0) is 17.6. The molecule has 0 aliphatic carbocycles. The Kier molecular flexibility index (Phi) is 3.92. The second-order valence-electron chi connectivity index (χ2n) is 6.45. The first-order valence-electron chi connectivity index (χ1n) is 6.87. The van der Waals surface area contributed by atoms with Crippen molar-refractivity contribution in [3.05, 3.63) is 29.8 Å². The Morgan fingerprint density at radius 1 is 1.22 bits per heavy atom. The van der Waals surface area contributed by atoms with E-state index >= 15 is 0 Å². The third-order valence-corrected chi connectivity index (χ3v) is 3.82. The first-order chi connectivity index (χ1) is 10.4. The fourth-order valence-electron chi connectivity index (χ4n) is 2.23. The van der Waals surface area contributed by atoms with E-state index in [2.05, 4.69) is 5.10 Å². The van der Waals surface area contributed by atoms with Gasteiger partial charge in [-0.1, -0.05) is 20.8 Å². The first-order valence-corrected chi connectivity index (χ1v) is 6.87. The molecular formula is C15H17F3N2O3. The normalized spacial score (nSPS) is 22.2. The minimum atomic E-state index is -4.73. The predicted octanol–water partition coefficient (Wildman–Crippen LogP) is 2.89. The van der Waals surface area contributed by atoms with Crippen molar-refractivity contribution in [3.63, 3.8) is 0 Å². The zero-order valence-electron chi connectivity index (χ0n) is 12.8. The maximum absolute atomic E-state index is 13.0. The van der Waals surface area contributed by atoms with Gasteiger partial charge in [-0.3, -0.25) is 4.79 Å².